The Bertz CT molecular complexity index is 104. The van der Waals surface area contributed by atoms with Crippen molar-refractivity contribution in [1.82, 2.24) is 4.90 Å². The molecule has 0 aliphatic carbocycles. The van der Waals surface area contributed by atoms with E-state index >= 15 is 0 Å². The highest BCUT2D eigenvalue weighted by Crippen LogP contribution is 1.76. The first-order valence-corrected chi connectivity index (χ1v) is 2.41. The third kappa shape index (κ3) is 2.25. The van der Waals surface area contributed by atoms with Crippen LogP contribution < -0.4 is 0 Å². The van der Waals surface area contributed by atoms with Gasteiger partial charge in [0.25, 0.3) is 0 Å². The molecule has 0 saturated heterocycles. The Balaban J connectivity index is 3.40. The summed E-state index contributed by atoms with van der Waals surface area (Å²) in [5, 5.41) is 0. The molecule has 0 heterocycles. The van der Waals surface area contributed by atoms with Gasteiger partial charge in [-0.25, -0.2) is 0 Å². The summed E-state index contributed by atoms with van der Waals surface area (Å²) in [5.74, 6) is 2.33. The maximum absolute atomic E-state index is 9.83. The smallest absolute Gasteiger partial charge is 0.312 e. The van der Waals surface area contributed by atoms with Gasteiger partial charge in [-0.15, -0.1) is 6.42 Å². The van der Waals surface area contributed by atoms with Crippen molar-refractivity contribution in [2.75, 3.05) is 13.1 Å². The van der Waals surface area contributed by atoms with E-state index in [1.54, 1.807) is 6.41 Å². The van der Waals surface area contributed by atoms with Crippen LogP contribution in [-0.2, 0) is 4.79 Å². The van der Waals surface area contributed by atoms with E-state index in [1.807, 2.05) is 6.92 Å². The van der Waals surface area contributed by atoms with Crippen molar-refractivity contribution in [3.63, 3.8) is 0 Å². The van der Waals surface area contributed by atoms with Crippen molar-refractivity contribution >= 4 is 6.41 Å². The number of hydrogen-bond donors (Lipinski definition) is 0. The van der Waals surface area contributed by atoms with Crippen LogP contribution in [0.2, 0.25) is 0 Å². The molecule has 0 aromatic heterocycles. The molecule has 1 radical (unpaired) electrons. The van der Waals surface area contributed by atoms with Crippen LogP contribution in [0.4, 0.5) is 0 Å². The van der Waals surface area contributed by atoms with E-state index < -0.39 is 0 Å². The molecule has 2 heteroatoms. The van der Waals surface area contributed by atoms with E-state index in [0.29, 0.717) is 13.1 Å². The van der Waals surface area contributed by atoms with E-state index in [-0.39, 0.29) is 0 Å². The fourth-order valence-electron chi connectivity index (χ4n) is 0.319. The highest BCUT2D eigenvalue weighted by molar-refractivity contribution is 5.48. The van der Waals surface area contributed by atoms with E-state index in [0.717, 1.165) is 0 Å². The molecule has 0 aliphatic heterocycles. The molecule has 0 aromatic rings. The van der Waals surface area contributed by atoms with Crippen LogP contribution in [0, 0.1) is 12.3 Å². The van der Waals surface area contributed by atoms with Gasteiger partial charge in [-0.2, -0.15) is 0 Å². The molecule has 2 nitrogen and oxygen atoms in total. The van der Waals surface area contributed by atoms with Gasteiger partial charge < -0.3 is 4.90 Å². The molecular formula is C6H8NO. The highest BCUT2D eigenvalue weighted by Gasteiger charge is 1.91. The third-order valence-corrected chi connectivity index (χ3v) is 0.793. The van der Waals surface area contributed by atoms with Gasteiger partial charge in [0.15, 0.2) is 0 Å². The quantitative estimate of drug-likeness (QED) is 0.370. The normalized spacial score (nSPS) is 7.50. The maximum Gasteiger partial charge on any atom is 0.312 e. The van der Waals surface area contributed by atoms with Crippen LogP contribution in [0.15, 0.2) is 0 Å². The zero-order chi connectivity index (χ0) is 6.41. The zero-order valence-corrected chi connectivity index (χ0v) is 4.85. The first-order valence-electron chi connectivity index (χ1n) is 2.41. The Morgan fingerprint density at radius 3 is 2.50 bits per heavy atom. The molecule has 0 N–H and O–H groups in total. The van der Waals surface area contributed by atoms with Crippen LogP contribution in [0.1, 0.15) is 6.92 Å². The molecule has 1 amide bonds. The molecule has 0 saturated carbocycles. The van der Waals surface area contributed by atoms with Crippen molar-refractivity contribution in [3.8, 4) is 12.3 Å². The van der Waals surface area contributed by atoms with Gasteiger partial charge >= 0.3 is 6.41 Å². The van der Waals surface area contributed by atoms with E-state index in [1.165, 1.54) is 4.90 Å². The number of hydrogen-bond acceptors (Lipinski definition) is 1. The van der Waals surface area contributed by atoms with Gasteiger partial charge in [0.1, 0.15) is 0 Å². The predicted molar refractivity (Wildman–Crippen MR) is 31.8 cm³/mol. The van der Waals surface area contributed by atoms with Gasteiger partial charge in [0.2, 0.25) is 0 Å². The van der Waals surface area contributed by atoms with Crippen molar-refractivity contribution in [2.45, 2.75) is 6.92 Å². The average molecular weight is 110 g/mol. The van der Waals surface area contributed by atoms with Gasteiger partial charge in [-0.1, -0.05) is 5.92 Å². The summed E-state index contributed by atoms with van der Waals surface area (Å²) in [6.07, 6.45) is 6.60. The van der Waals surface area contributed by atoms with Crippen LogP contribution in [0.5, 0.6) is 0 Å². The van der Waals surface area contributed by atoms with Gasteiger partial charge in [0, 0.05) is 6.54 Å². The fourth-order valence-corrected chi connectivity index (χ4v) is 0.319. The second-order valence-corrected chi connectivity index (χ2v) is 1.31. The lowest BCUT2D eigenvalue weighted by Gasteiger charge is -2.06. The molecule has 0 rings (SSSR count). The standard InChI is InChI=1S/C6H8NO/c1-3-5-7(4-2)6-8/h1H,4-5H2,2H3. The summed E-state index contributed by atoms with van der Waals surface area (Å²) in [5.41, 5.74) is 0. The Morgan fingerprint density at radius 1 is 1.75 bits per heavy atom. The topological polar surface area (TPSA) is 20.3 Å². The molecular weight excluding hydrogens is 102 g/mol. The second-order valence-electron chi connectivity index (χ2n) is 1.31. The first-order chi connectivity index (χ1) is 3.85. The van der Waals surface area contributed by atoms with Crippen molar-refractivity contribution in [2.24, 2.45) is 0 Å². The zero-order valence-electron chi connectivity index (χ0n) is 4.85. The molecule has 0 aromatic carbocycles. The predicted octanol–water partition coefficient (Wildman–Crippen LogP) is 0.00870. The van der Waals surface area contributed by atoms with Gasteiger partial charge in [-0.05, 0) is 6.92 Å². The summed E-state index contributed by atoms with van der Waals surface area (Å²) in [6.45, 7) is 2.84. The SMILES string of the molecule is C#CCN([C]=O)CC. The summed E-state index contributed by atoms with van der Waals surface area (Å²) in [7, 11) is 0. The molecule has 0 fully saturated rings. The van der Waals surface area contributed by atoms with Crippen LogP contribution in [0.25, 0.3) is 0 Å². The third-order valence-electron chi connectivity index (χ3n) is 0.793. The summed E-state index contributed by atoms with van der Waals surface area (Å²) in [4.78, 5) is 11.2. The van der Waals surface area contributed by atoms with E-state index in [2.05, 4.69) is 5.92 Å². The second kappa shape index (κ2) is 4.20. The minimum absolute atomic E-state index is 0.361. The van der Waals surface area contributed by atoms with E-state index in [4.69, 9.17) is 6.42 Å². The van der Waals surface area contributed by atoms with Crippen molar-refractivity contribution < 1.29 is 4.79 Å². The minimum Gasteiger partial charge on any atom is -0.324 e. The number of nitrogens with zero attached hydrogens (tertiary/aromatic N) is 1. The summed E-state index contributed by atoms with van der Waals surface area (Å²) < 4.78 is 0. The number of carbonyl (C=O) groups excluding carboxylic acids is 1. The lowest BCUT2D eigenvalue weighted by molar-refractivity contribution is 0.428. The largest absolute Gasteiger partial charge is 0.324 e. The summed E-state index contributed by atoms with van der Waals surface area (Å²) in [6, 6.07) is 0. The molecule has 0 bridgehead atoms. The maximum atomic E-state index is 9.83. The van der Waals surface area contributed by atoms with Crippen molar-refractivity contribution in [1.29, 1.82) is 0 Å². The lowest BCUT2D eigenvalue weighted by atomic mass is 10.5. The number of terminal acetylenes is 1. The number of amides is 1. The van der Waals surface area contributed by atoms with Gasteiger partial charge in [0.05, 0.1) is 6.54 Å². The monoisotopic (exact) mass is 110 g/mol. The Labute approximate surface area is 49.5 Å². The molecule has 8 heavy (non-hydrogen) atoms. The van der Waals surface area contributed by atoms with Crippen LogP contribution >= 0.6 is 0 Å². The Morgan fingerprint density at radius 2 is 2.38 bits per heavy atom. The van der Waals surface area contributed by atoms with E-state index in [9.17, 15) is 4.79 Å². The molecule has 0 atom stereocenters. The molecule has 0 unspecified atom stereocenters. The molecule has 0 spiro atoms. The fraction of sp³-hybridized carbons (Fsp3) is 0.500. The summed E-state index contributed by atoms with van der Waals surface area (Å²) >= 11 is 0. The Hall–Kier alpha value is -0.970. The number of rotatable bonds is 3. The first kappa shape index (κ1) is 7.03. The van der Waals surface area contributed by atoms with Crippen LogP contribution in [0.3, 0.4) is 0 Å². The van der Waals surface area contributed by atoms with Crippen LogP contribution in [-0.4, -0.2) is 24.4 Å². The highest BCUT2D eigenvalue weighted by atomic mass is 16.1. The Kier molecular flexibility index (Phi) is 3.69. The van der Waals surface area contributed by atoms with Gasteiger partial charge in [-0.3, -0.25) is 4.79 Å². The molecule has 43 valence electrons. The molecule has 0 aliphatic rings. The lowest BCUT2D eigenvalue weighted by Crippen LogP contribution is -2.20. The minimum atomic E-state index is 0.361. The van der Waals surface area contributed by atoms with Crippen molar-refractivity contribution in [3.05, 3.63) is 0 Å². The average Bonchev–Trinajstić information content (AvgIpc) is 1.83.